The Kier molecular flexibility index (Phi) is 16.9. The van der Waals surface area contributed by atoms with Crippen molar-refractivity contribution in [1.82, 2.24) is 9.97 Å². The fraction of sp³-hybridized carbons (Fsp3) is 0.526. The zero-order valence-electron chi connectivity index (χ0n) is 28.2. The molecule has 0 unspecified atom stereocenters. The molecule has 2 aromatic carbocycles. The van der Waals surface area contributed by atoms with E-state index in [9.17, 15) is 22.8 Å². The summed E-state index contributed by atoms with van der Waals surface area (Å²) in [6, 6.07) is 11.8. The van der Waals surface area contributed by atoms with Gasteiger partial charge in [-0.3, -0.25) is 0 Å². The highest BCUT2D eigenvalue weighted by molar-refractivity contribution is 5.92. The molecule has 0 bridgehead atoms. The van der Waals surface area contributed by atoms with Crippen LogP contribution in [0.15, 0.2) is 60.9 Å². The summed E-state index contributed by atoms with van der Waals surface area (Å²) in [6.45, 7) is 4.83. The van der Waals surface area contributed by atoms with Crippen molar-refractivity contribution in [3.63, 3.8) is 0 Å². The molecule has 0 spiro atoms. The highest BCUT2D eigenvalue weighted by Crippen LogP contribution is 2.28. The molecule has 1 aromatic heterocycles. The Morgan fingerprint density at radius 3 is 1.71 bits per heavy atom. The van der Waals surface area contributed by atoms with E-state index in [4.69, 9.17) is 14.2 Å². The number of alkyl halides is 3. The Hall–Kier alpha value is -3.95. The van der Waals surface area contributed by atoms with Gasteiger partial charge < -0.3 is 14.2 Å². The van der Waals surface area contributed by atoms with Crippen LogP contribution in [0, 0.1) is 0 Å². The average Bonchev–Trinajstić information content (AvgIpc) is 3.08. The third kappa shape index (κ3) is 14.0. The quantitative estimate of drug-likeness (QED) is 0.0597. The van der Waals surface area contributed by atoms with Gasteiger partial charge in [-0.2, -0.15) is 13.2 Å². The van der Waals surface area contributed by atoms with Crippen molar-refractivity contribution in [2.45, 2.75) is 122 Å². The number of carbonyl (C=O) groups is 2. The molecule has 1 heterocycles. The third-order valence-corrected chi connectivity index (χ3v) is 8.01. The van der Waals surface area contributed by atoms with Crippen LogP contribution in [0.4, 0.5) is 13.2 Å². The molecule has 7 nitrogen and oxygen atoms in total. The van der Waals surface area contributed by atoms with E-state index in [1.165, 1.54) is 75.6 Å². The van der Waals surface area contributed by atoms with Gasteiger partial charge >= 0.3 is 18.1 Å². The Bertz CT molecular complexity index is 1350. The summed E-state index contributed by atoms with van der Waals surface area (Å²) in [7, 11) is 0. The largest absolute Gasteiger partial charge is 0.490 e. The molecule has 262 valence electrons. The highest BCUT2D eigenvalue weighted by Gasteiger charge is 2.42. The number of halogens is 3. The monoisotopic (exact) mass is 670 g/mol. The number of unbranched alkanes of at least 4 members (excludes halogenated alkanes) is 12. The molecule has 1 atom stereocenters. The second kappa shape index (κ2) is 21.1. The van der Waals surface area contributed by atoms with Crippen LogP contribution in [0.2, 0.25) is 0 Å². The van der Waals surface area contributed by atoms with Crippen LogP contribution in [0.5, 0.6) is 11.5 Å². The molecule has 0 fully saturated rings. The minimum Gasteiger partial charge on any atom is -0.490 e. The molecule has 0 amide bonds. The Balaban J connectivity index is 1.41. The fourth-order valence-corrected chi connectivity index (χ4v) is 5.14. The standard InChI is InChI=1S/C38H49F3N2O5/c1-3-5-7-9-10-11-12-13-14-16-26-46-33-27-42-35(43-28-33)29-18-20-30(21-19-29)36(44)47-32-24-22-31(23-25-32)37(45)48-34(38(39,40)41)17-15-8-6-4-2/h18-25,27-28,34H,3-17,26H2,1-2H3/t34-/m0/s1. The maximum Gasteiger partial charge on any atom is 0.425 e. The molecule has 10 heteroatoms. The molecular weight excluding hydrogens is 621 g/mol. The van der Waals surface area contributed by atoms with E-state index in [0.717, 1.165) is 25.7 Å². The van der Waals surface area contributed by atoms with E-state index in [1.54, 1.807) is 36.7 Å². The molecule has 3 rings (SSSR count). The lowest BCUT2D eigenvalue weighted by Crippen LogP contribution is -2.33. The van der Waals surface area contributed by atoms with Crippen molar-refractivity contribution >= 4 is 11.9 Å². The van der Waals surface area contributed by atoms with Crippen molar-refractivity contribution in [2.75, 3.05) is 6.61 Å². The summed E-state index contributed by atoms with van der Waals surface area (Å²) in [5.74, 6) is -0.506. The van der Waals surface area contributed by atoms with Crippen LogP contribution >= 0.6 is 0 Å². The van der Waals surface area contributed by atoms with Crippen molar-refractivity contribution in [3.8, 4) is 22.9 Å². The van der Waals surface area contributed by atoms with Gasteiger partial charge in [-0.1, -0.05) is 103 Å². The summed E-state index contributed by atoms with van der Waals surface area (Å²) < 4.78 is 56.1. The number of benzene rings is 2. The first-order chi connectivity index (χ1) is 23.2. The van der Waals surface area contributed by atoms with E-state index in [2.05, 4.69) is 16.9 Å². The van der Waals surface area contributed by atoms with Crippen molar-refractivity contribution in [1.29, 1.82) is 0 Å². The summed E-state index contributed by atoms with van der Waals surface area (Å²) in [4.78, 5) is 33.9. The number of hydrogen-bond donors (Lipinski definition) is 0. The van der Waals surface area contributed by atoms with Gasteiger partial charge in [-0.05, 0) is 55.7 Å². The van der Waals surface area contributed by atoms with E-state index in [0.29, 0.717) is 36.6 Å². The zero-order chi connectivity index (χ0) is 34.6. The van der Waals surface area contributed by atoms with Crippen molar-refractivity contribution in [2.24, 2.45) is 0 Å². The number of nitrogens with zero attached hydrogens (tertiary/aromatic N) is 2. The second-order valence-corrected chi connectivity index (χ2v) is 12.0. The predicted octanol–water partition coefficient (Wildman–Crippen LogP) is 10.7. The molecule has 0 aliphatic carbocycles. The van der Waals surface area contributed by atoms with Gasteiger partial charge in [0.05, 0.1) is 30.1 Å². The van der Waals surface area contributed by atoms with E-state index in [1.807, 2.05) is 6.92 Å². The van der Waals surface area contributed by atoms with Gasteiger partial charge in [0.15, 0.2) is 17.7 Å². The smallest absolute Gasteiger partial charge is 0.425 e. The van der Waals surface area contributed by atoms with Gasteiger partial charge in [0.2, 0.25) is 0 Å². The Morgan fingerprint density at radius 1 is 0.646 bits per heavy atom. The molecule has 0 N–H and O–H groups in total. The van der Waals surface area contributed by atoms with Gasteiger partial charge in [0.25, 0.3) is 0 Å². The number of ether oxygens (including phenoxy) is 3. The number of hydrogen-bond acceptors (Lipinski definition) is 7. The first-order valence-electron chi connectivity index (χ1n) is 17.4. The van der Waals surface area contributed by atoms with Gasteiger partial charge in [-0.15, -0.1) is 0 Å². The molecule has 0 aliphatic heterocycles. The van der Waals surface area contributed by atoms with Crippen LogP contribution in [0.3, 0.4) is 0 Å². The maximum atomic E-state index is 13.4. The van der Waals surface area contributed by atoms with Gasteiger partial charge in [-0.25, -0.2) is 19.6 Å². The number of carbonyl (C=O) groups excluding carboxylic acids is 2. The lowest BCUT2D eigenvalue weighted by atomic mass is 10.1. The SMILES string of the molecule is CCCCCCCCCCCCOc1cnc(-c2ccc(C(=O)Oc3ccc(C(=O)O[C@@H](CCCCCC)C(F)(F)F)cc3)cc2)nc1. The number of aromatic nitrogens is 2. The lowest BCUT2D eigenvalue weighted by molar-refractivity contribution is -0.206. The van der Waals surface area contributed by atoms with Crippen molar-refractivity contribution < 1.29 is 37.0 Å². The molecule has 48 heavy (non-hydrogen) atoms. The zero-order valence-corrected chi connectivity index (χ0v) is 28.2. The summed E-state index contributed by atoms with van der Waals surface area (Å²) in [5.41, 5.74) is 0.908. The van der Waals surface area contributed by atoms with Crippen LogP contribution in [-0.2, 0) is 4.74 Å². The fourth-order valence-electron chi connectivity index (χ4n) is 5.14. The highest BCUT2D eigenvalue weighted by atomic mass is 19.4. The maximum absolute atomic E-state index is 13.4. The Morgan fingerprint density at radius 2 is 1.15 bits per heavy atom. The summed E-state index contributed by atoms with van der Waals surface area (Å²) in [5, 5.41) is 0. The average molecular weight is 671 g/mol. The van der Waals surface area contributed by atoms with Crippen LogP contribution in [-0.4, -0.2) is 40.8 Å². The van der Waals surface area contributed by atoms with Crippen LogP contribution < -0.4 is 9.47 Å². The minimum atomic E-state index is -4.65. The first kappa shape index (κ1) is 38.5. The van der Waals surface area contributed by atoms with E-state index in [-0.39, 0.29) is 23.3 Å². The molecule has 3 aromatic rings. The molecule has 0 aliphatic rings. The summed E-state index contributed by atoms with van der Waals surface area (Å²) >= 11 is 0. The normalized spacial score (nSPS) is 12.0. The second-order valence-electron chi connectivity index (χ2n) is 12.0. The van der Waals surface area contributed by atoms with Gasteiger partial charge in [0.1, 0.15) is 5.75 Å². The third-order valence-electron chi connectivity index (χ3n) is 8.01. The molecule has 0 saturated carbocycles. The predicted molar refractivity (Wildman–Crippen MR) is 180 cm³/mol. The molecule has 0 saturated heterocycles. The number of esters is 2. The molecular formula is C38H49F3N2O5. The van der Waals surface area contributed by atoms with E-state index < -0.39 is 24.2 Å². The van der Waals surface area contributed by atoms with Crippen LogP contribution in [0.1, 0.15) is 131 Å². The number of rotatable bonds is 22. The van der Waals surface area contributed by atoms with Gasteiger partial charge in [0, 0.05) is 5.56 Å². The molecule has 0 radical (unpaired) electrons. The van der Waals surface area contributed by atoms with Crippen molar-refractivity contribution in [3.05, 3.63) is 72.1 Å². The first-order valence-corrected chi connectivity index (χ1v) is 17.4. The minimum absolute atomic E-state index is 0.0721. The Labute approximate surface area is 282 Å². The topological polar surface area (TPSA) is 87.6 Å². The van der Waals surface area contributed by atoms with Crippen LogP contribution in [0.25, 0.3) is 11.4 Å². The lowest BCUT2D eigenvalue weighted by Gasteiger charge is -2.20. The van der Waals surface area contributed by atoms with E-state index >= 15 is 0 Å². The summed E-state index contributed by atoms with van der Waals surface area (Å²) in [6.07, 6.45) is 11.5.